The molecule has 0 fully saturated rings. The Labute approximate surface area is 64.2 Å². The van der Waals surface area contributed by atoms with Gasteiger partial charge in [0.05, 0.1) is 0 Å². The summed E-state index contributed by atoms with van der Waals surface area (Å²) in [5.74, 6) is -2.51. The van der Waals surface area contributed by atoms with Crippen LogP contribution in [0.3, 0.4) is 0 Å². The van der Waals surface area contributed by atoms with Gasteiger partial charge in [-0.15, -0.1) is 4.99 Å². The van der Waals surface area contributed by atoms with Crippen LogP contribution in [0.25, 0.3) is 0 Å². The molecule has 0 aliphatic carbocycles. The topological polar surface area (TPSA) is 88.5 Å². The van der Waals surface area contributed by atoms with Gasteiger partial charge >= 0.3 is 18.2 Å². The molecule has 0 aromatic rings. The largest absolute Gasteiger partial charge is 0.491 e. The first-order valence-electron chi connectivity index (χ1n) is 2.39. The second-order valence-corrected chi connectivity index (χ2v) is 1.44. The number of esters is 1. The highest BCUT2D eigenvalue weighted by Gasteiger charge is 2.41. The number of carbonyl (C=O) groups excluding carboxylic acids is 1. The van der Waals surface area contributed by atoms with Crippen molar-refractivity contribution in [3.8, 4) is 6.19 Å². The minimum absolute atomic E-state index is 1.04. The zero-order chi connectivity index (χ0) is 9.78. The lowest BCUT2D eigenvalue weighted by molar-refractivity contribution is -0.191. The highest BCUT2D eigenvalue weighted by atomic mass is 19.4. The molecule has 0 rings (SSSR count). The molecule has 0 atom stereocenters. The first-order chi connectivity index (χ1) is 5.38. The monoisotopic (exact) mass is 181 g/mol. The average molecular weight is 181 g/mol. The lowest BCUT2D eigenvalue weighted by Gasteiger charge is -2.03. The third kappa shape index (κ3) is 3.40. The molecule has 0 bridgehead atoms. The Bertz CT molecular complexity index is 251. The maximum Gasteiger partial charge on any atom is 0.491 e. The first kappa shape index (κ1) is 10.2. The summed E-state index contributed by atoms with van der Waals surface area (Å²) in [7, 11) is 0. The molecule has 0 unspecified atom stereocenters. The fourth-order valence-electron chi connectivity index (χ4n) is 0.225. The molecule has 5 nitrogen and oxygen atoms in total. The molecule has 0 heterocycles. The molecule has 0 aromatic carbocycles. The van der Waals surface area contributed by atoms with E-state index < -0.39 is 18.2 Å². The molecule has 12 heavy (non-hydrogen) atoms. The molecule has 0 aromatic heterocycles. The van der Waals surface area contributed by atoms with Crippen molar-refractivity contribution in [1.82, 2.24) is 0 Å². The summed E-state index contributed by atoms with van der Waals surface area (Å²) < 4.78 is 37.5. The van der Waals surface area contributed by atoms with E-state index in [1.807, 2.05) is 0 Å². The van der Waals surface area contributed by atoms with Gasteiger partial charge in [-0.05, 0) is 0 Å². The summed E-state index contributed by atoms with van der Waals surface area (Å²) >= 11 is 0. The molecule has 8 heteroatoms. The van der Waals surface area contributed by atoms with Crippen LogP contribution in [-0.4, -0.2) is 18.2 Å². The van der Waals surface area contributed by atoms with Gasteiger partial charge < -0.3 is 10.5 Å². The van der Waals surface area contributed by atoms with Gasteiger partial charge in [-0.1, -0.05) is 0 Å². The van der Waals surface area contributed by atoms with Crippen LogP contribution in [0.1, 0.15) is 0 Å². The van der Waals surface area contributed by atoms with Gasteiger partial charge in [0.1, 0.15) is 0 Å². The van der Waals surface area contributed by atoms with Crippen molar-refractivity contribution in [3.63, 3.8) is 0 Å². The zero-order valence-corrected chi connectivity index (χ0v) is 5.42. The number of nitrogens with zero attached hydrogens (tertiary/aromatic N) is 2. The Morgan fingerprint density at radius 1 is 1.58 bits per heavy atom. The van der Waals surface area contributed by atoms with Gasteiger partial charge in [0, 0.05) is 0 Å². The van der Waals surface area contributed by atoms with E-state index in [4.69, 9.17) is 5.26 Å². The van der Waals surface area contributed by atoms with Crippen molar-refractivity contribution in [1.29, 1.82) is 5.26 Å². The van der Waals surface area contributed by atoms with E-state index >= 15 is 0 Å². The summed E-state index contributed by atoms with van der Waals surface area (Å²) in [6.07, 6.45) is -4.10. The van der Waals surface area contributed by atoms with E-state index in [2.05, 4.69) is 15.5 Å². The number of nitrogens with two attached hydrogens (primary N) is 1. The molecular weight excluding hydrogens is 179 g/mol. The number of halogens is 3. The van der Waals surface area contributed by atoms with Gasteiger partial charge in [0.15, 0.2) is 0 Å². The van der Waals surface area contributed by atoms with Crippen LogP contribution >= 0.6 is 0 Å². The Morgan fingerprint density at radius 3 is 2.42 bits per heavy atom. The second-order valence-electron chi connectivity index (χ2n) is 1.44. The average Bonchev–Trinajstić information content (AvgIpc) is 1.85. The zero-order valence-electron chi connectivity index (χ0n) is 5.42. The van der Waals surface area contributed by atoms with E-state index in [0.717, 1.165) is 6.19 Å². The first-order valence-corrected chi connectivity index (χ1v) is 2.39. The van der Waals surface area contributed by atoms with Crippen molar-refractivity contribution >= 4 is 12.0 Å². The van der Waals surface area contributed by atoms with Gasteiger partial charge in [-0.25, -0.2) is 4.79 Å². The van der Waals surface area contributed by atoms with Crippen LogP contribution in [0.5, 0.6) is 0 Å². The molecule has 0 saturated heterocycles. The van der Waals surface area contributed by atoms with E-state index in [0.29, 0.717) is 0 Å². The van der Waals surface area contributed by atoms with Crippen molar-refractivity contribution in [2.24, 2.45) is 10.7 Å². The summed E-state index contributed by atoms with van der Waals surface area (Å²) in [4.78, 5) is 12.5. The third-order valence-corrected chi connectivity index (χ3v) is 0.589. The van der Waals surface area contributed by atoms with Crippen molar-refractivity contribution in [3.05, 3.63) is 0 Å². The highest BCUT2D eigenvalue weighted by molar-refractivity contribution is 5.89. The molecule has 0 amide bonds. The van der Waals surface area contributed by atoms with Crippen LogP contribution in [0.4, 0.5) is 13.2 Å². The number of hydrogen-bond donors (Lipinski definition) is 1. The molecule has 66 valence electrons. The number of amidine groups is 1. The smallest absolute Gasteiger partial charge is 0.385 e. The molecule has 0 spiro atoms. The summed E-state index contributed by atoms with van der Waals surface area (Å²) in [5, 5.41) is 7.76. The SMILES string of the molecule is N#CN=C(N)OC(=O)C(F)(F)F. The lowest BCUT2D eigenvalue weighted by Crippen LogP contribution is -2.31. The number of hydrogen-bond acceptors (Lipinski definition) is 4. The molecule has 2 N–H and O–H groups in total. The predicted octanol–water partition coefficient (Wildman–Crippen LogP) is -0.112. The Morgan fingerprint density at radius 2 is 2.08 bits per heavy atom. The predicted molar refractivity (Wildman–Crippen MR) is 29.4 cm³/mol. The molecular formula is C4H2F3N3O2. The Hall–Kier alpha value is -1.78. The normalized spacial score (nSPS) is 12.0. The van der Waals surface area contributed by atoms with Crippen LogP contribution in [0.2, 0.25) is 0 Å². The second kappa shape index (κ2) is 3.56. The molecule has 0 radical (unpaired) electrons. The Kier molecular flexibility index (Phi) is 3.04. The van der Waals surface area contributed by atoms with Crippen molar-refractivity contribution in [2.45, 2.75) is 6.18 Å². The lowest BCUT2D eigenvalue weighted by atomic mass is 10.7. The van der Waals surface area contributed by atoms with Crippen LogP contribution in [0, 0.1) is 11.5 Å². The summed E-state index contributed by atoms with van der Waals surface area (Å²) in [6.45, 7) is 0. The quantitative estimate of drug-likeness (QED) is 0.244. The van der Waals surface area contributed by atoms with Crippen molar-refractivity contribution in [2.75, 3.05) is 0 Å². The highest BCUT2D eigenvalue weighted by Crippen LogP contribution is 2.15. The number of rotatable bonds is 0. The van der Waals surface area contributed by atoms with Crippen LogP contribution < -0.4 is 5.73 Å². The van der Waals surface area contributed by atoms with E-state index in [9.17, 15) is 18.0 Å². The molecule has 0 saturated carbocycles. The number of aliphatic imine (C=N–C) groups is 1. The number of nitriles is 1. The van der Waals surface area contributed by atoms with Gasteiger partial charge in [0.2, 0.25) is 6.19 Å². The summed E-state index contributed by atoms with van der Waals surface area (Å²) in [5.41, 5.74) is 4.57. The maximum absolute atomic E-state index is 11.4. The van der Waals surface area contributed by atoms with Gasteiger partial charge in [-0.3, -0.25) is 0 Å². The van der Waals surface area contributed by atoms with Gasteiger partial charge in [0.25, 0.3) is 0 Å². The number of carbonyl (C=O) groups is 1. The fraction of sp³-hybridized carbons (Fsp3) is 0.250. The van der Waals surface area contributed by atoms with E-state index in [1.54, 1.807) is 0 Å². The minimum atomic E-state index is -5.14. The summed E-state index contributed by atoms with van der Waals surface area (Å²) in [6, 6.07) is -1.14. The van der Waals surface area contributed by atoms with E-state index in [1.165, 1.54) is 0 Å². The molecule has 0 aliphatic rings. The van der Waals surface area contributed by atoms with Crippen LogP contribution in [0.15, 0.2) is 4.99 Å². The molecule has 0 aliphatic heterocycles. The third-order valence-electron chi connectivity index (χ3n) is 0.589. The van der Waals surface area contributed by atoms with E-state index in [-0.39, 0.29) is 0 Å². The van der Waals surface area contributed by atoms with Gasteiger partial charge in [-0.2, -0.15) is 18.4 Å². The van der Waals surface area contributed by atoms with Crippen LogP contribution in [-0.2, 0) is 9.53 Å². The standard InChI is InChI=1S/C4H2F3N3O2/c5-4(6,7)2(11)12-3(9)10-1-8/h(H2,9,10). The fourth-order valence-corrected chi connectivity index (χ4v) is 0.225. The Balaban J connectivity index is 4.23. The maximum atomic E-state index is 11.4. The van der Waals surface area contributed by atoms with Crippen molar-refractivity contribution < 1.29 is 22.7 Å². The number of ether oxygens (including phenoxy) is 1. The minimum Gasteiger partial charge on any atom is -0.385 e. The number of alkyl halides is 3.